The molecular weight excluding hydrogens is 180 g/mol. The van der Waals surface area contributed by atoms with Crippen LogP contribution in [0.3, 0.4) is 0 Å². The molecule has 1 aliphatic heterocycles. The molecule has 6 N–H and O–H groups in total. The molecule has 0 bridgehead atoms. The average Bonchev–Trinajstić information content (AvgIpc) is 2.74. The Morgan fingerprint density at radius 2 is 1.93 bits per heavy atom. The second-order valence-electron chi connectivity index (χ2n) is 3.14. The average molecular weight is 194 g/mol. The first-order valence-electron chi connectivity index (χ1n) is 4.53. The topological polar surface area (TPSA) is 87.0 Å². The second kappa shape index (κ2) is 4.45. The SMILES string of the molecule is NCC(c1ccncc1)C1NNNN1. The van der Waals surface area contributed by atoms with E-state index in [1.54, 1.807) is 12.4 Å². The summed E-state index contributed by atoms with van der Waals surface area (Å²) in [6, 6.07) is 3.94. The first kappa shape index (κ1) is 9.50. The zero-order chi connectivity index (χ0) is 9.80. The molecule has 1 atom stereocenters. The van der Waals surface area contributed by atoms with Crippen LogP contribution in [-0.2, 0) is 0 Å². The minimum absolute atomic E-state index is 0.0856. The Bertz CT molecular complexity index is 270. The summed E-state index contributed by atoms with van der Waals surface area (Å²) in [6.07, 6.45) is 3.63. The summed E-state index contributed by atoms with van der Waals surface area (Å²) in [5.74, 6) is 0.209. The zero-order valence-electron chi connectivity index (χ0n) is 7.70. The normalized spacial score (nSPS) is 19.8. The molecule has 1 saturated heterocycles. The third-order valence-corrected chi connectivity index (χ3v) is 2.31. The lowest BCUT2D eigenvalue weighted by molar-refractivity contribution is 0.436. The molecule has 76 valence electrons. The highest BCUT2D eigenvalue weighted by atomic mass is 15.8. The van der Waals surface area contributed by atoms with Gasteiger partial charge in [0.15, 0.2) is 0 Å². The van der Waals surface area contributed by atoms with E-state index in [1.165, 1.54) is 0 Å². The first-order chi connectivity index (χ1) is 6.92. The van der Waals surface area contributed by atoms with E-state index in [4.69, 9.17) is 5.73 Å². The van der Waals surface area contributed by atoms with E-state index in [0.29, 0.717) is 6.54 Å². The predicted octanol–water partition coefficient (Wildman–Crippen LogP) is -1.43. The van der Waals surface area contributed by atoms with E-state index in [0.717, 1.165) is 5.56 Å². The van der Waals surface area contributed by atoms with E-state index in [2.05, 4.69) is 26.9 Å². The van der Waals surface area contributed by atoms with Crippen LogP contribution in [-0.4, -0.2) is 17.7 Å². The molecule has 1 aliphatic rings. The van der Waals surface area contributed by atoms with Gasteiger partial charge >= 0.3 is 0 Å². The summed E-state index contributed by atoms with van der Waals surface area (Å²) in [5, 5.41) is 0. The smallest absolute Gasteiger partial charge is 0.0939 e. The second-order valence-corrected chi connectivity index (χ2v) is 3.14. The Morgan fingerprint density at radius 3 is 2.50 bits per heavy atom. The van der Waals surface area contributed by atoms with Crippen LogP contribution in [0, 0.1) is 0 Å². The highest BCUT2D eigenvalue weighted by Crippen LogP contribution is 2.16. The van der Waals surface area contributed by atoms with Gasteiger partial charge in [-0.1, -0.05) is 0 Å². The Balaban J connectivity index is 2.12. The summed E-state index contributed by atoms with van der Waals surface area (Å²) in [6.45, 7) is 0.568. The highest BCUT2D eigenvalue weighted by molar-refractivity contribution is 5.18. The molecule has 6 nitrogen and oxygen atoms in total. The minimum Gasteiger partial charge on any atom is -0.330 e. The fourth-order valence-electron chi connectivity index (χ4n) is 1.54. The Kier molecular flexibility index (Phi) is 3.02. The quantitative estimate of drug-likeness (QED) is 0.405. The van der Waals surface area contributed by atoms with Gasteiger partial charge in [-0.15, -0.1) is 0 Å². The van der Waals surface area contributed by atoms with E-state index in [1.807, 2.05) is 12.1 Å². The number of rotatable bonds is 3. The van der Waals surface area contributed by atoms with Crippen LogP contribution >= 0.6 is 0 Å². The van der Waals surface area contributed by atoms with Crippen LogP contribution in [0.2, 0.25) is 0 Å². The van der Waals surface area contributed by atoms with Gasteiger partial charge in [0.1, 0.15) is 0 Å². The molecule has 1 aromatic rings. The van der Waals surface area contributed by atoms with Crippen LogP contribution in [0.25, 0.3) is 0 Å². The van der Waals surface area contributed by atoms with Crippen LogP contribution in [0.15, 0.2) is 24.5 Å². The molecule has 14 heavy (non-hydrogen) atoms. The number of nitrogens with two attached hydrogens (primary N) is 1. The number of hydrogen-bond donors (Lipinski definition) is 5. The fraction of sp³-hybridized carbons (Fsp3) is 0.375. The number of hydrogen-bond acceptors (Lipinski definition) is 6. The molecule has 6 heteroatoms. The molecule has 0 aliphatic carbocycles. The minimum atomic E-state index is 0.0856. The molecule has 1 fully saturated rings. The highest BCUT2D eigenvalue weighted by Gasteiger charge is 2.24. The van der Waals surface area contributed by atoms with Crippen molar-refractivity contribution in [3.05, 3.63) is 30.1 Å². The molecule has 1 unspecified atom stereocenters. The summed E-state index contributed by atoms with van der Waals surface area (Å²) < 4.78 is 0. The molecule has 2 rings (SSSR count). The molecule has 0 aromatic carbocycles. The molecule has 0 spiro atoms. The van der Waals surface area contributed by atoms with Gasteiger partial charge < -0.3 is 5.73 Å². The largest absolute Gasteiger partial charge is 0.330 e. The maximum absolute atomic E-state index is 5.73. The molecule has 0 radical (unpaired) electrons. The standard InChI is InChI=1S/C8H14N6/c9-5-7(8-11-13-14-12-8)6-1-3-10-4-2-6/h1-4,7-8,11-14H,5,9H2. The van der Waals surface area contributed by atoms with Crippen molar-refractivity contribution in [2.45, 2.75) is 12.1 Å². The number of hydrazine groups is 3. The lowest BCUT2D eigenvalue weighted by atomic mass is 9.98. The number of pyridine rings is 1. The van der Waals surface area contributed by atoms with Crippen molar-refractivity contribution in [2.75, 3.05) is 6.54 Å². The van der Waals surface area contributed by atoms with Crippen LogP contribution in [0.4, 0.5) is 0 Å². The van der Waals surface area contributed by atoms with Gasteiger partial charge in [-0.3, -0.25) is 4.98 Å². The maximum Gasteiger partial charge on any atom is 0.0939 e. The summed E-state index contributed by atoms with van der Waals surface area (Å²) in [5.41, 5.74) is 18.5. The number of nitrogens with one attached hydrogen (secondary N) is 4. The van der Waals surface area contributed by atoms with Gasteiger partial charge in [-0.05, 0) is 17.7 Å². The Morgan fingerprint density at radius 1 is 1.29 bits per heavy atom. The van der Waals surface area contributed by atoms with Crippen molar-refractivity contribution >= 4 is 0 Å². The monoisotopic (exact) mass is 194 g/mol. The molecule has 0 amide bonds. The fourth-order valence-corrected chi connectivity index (χ4v) is 1.54. The molecule has 2 heterocycles. The van der Waals surface area contributed by atoms with Crippen LogP contribution < -0.4 is 27.7 Å². The van der Waals surface area contributed by atoms with Crippen molar-refractivity contribution in [2.24, 2.45) is 5.73 Å². The van der Waals surface area contributed by atoms with E-state index >= 15 is 0 Å². The zero-order valence-corrected chi connectivity index (χ0v) is 7.70. The predicted molar refractivity (Wildman–Crippen MR) is 52.4 cm³/mol. The van der Waals surface area contributed by atoms with Crippen molar-refractivity contribution in [3.8, 4) is 0 Å². The summed E-state index contributed by atoms with van der Waals surface area (Å²) >= 11 is 0. The molecular formula is C8H14N6. The molecule has 0 saturated carbocycles. The maximum atomic E-state index is 5.73. The van der Waals surface area contributed by atoms with Crippen molar-refractivity contribution in [1.29, 1.82) is 0 Å². The lowest BCUT2D eigenvalue weighted by Gasteiger charge is -2.20. The van der Waals surface area contributed by atoms with E-state index in [9.17, 15) is 0 Å². The Hall–Kier alpha value is -1.05. The van der Waals surface area contributed by atoms with Crippen molar-refractivity contribution in [1.82, 2.24) is 26.9 Å². The summed E-state index contributed by atoms with van der Waals surface area (Å²) in [4.78, 5) is 3.98. The Labute approximate surface area is 82.2 Å². The van der Waals surface area contributed by atoms with Gasteiger partial charge in [0.2, 0.25) is 0 Å². The van der Waals surface area contributed by atoms with E-state index in [-0.39, 0.29) is 12.1 Å². The third-order valence-electron chi connectivity index (χ3n) is 2.31. The van der Waals surface area contributed by atoms with E-state index < -0.39 is 0 Å². The third kappa shape index (κ3) is 1.89. The van der Waals surface area contributed by atoms with Gasteiger partial charge in [0.05, 0.1) is 6.17 Å². The van der Waals surface area contributed by atoms with Gasteiger partial charge in [-0.2, -0.15) is 11.1 Å². The van der Waals surface area contributed by atoms with Crippen molar-refractivity contribution in [3.63, 3.8) is 0 Å². The number of aromatic nitrogens is 1. The number of nitrogens with zero attached hydrogens (tertiary/aromatic N) is 1. The van der Waals surface area contributed by atoms with Crippen molar-refractivity contribution < 1.29 is 0 Å². The van der Waals surface area contributed by atoms with Gasteiger partial charge in [0, 0.05) is 24.9 Å². The van der Waals surface area contributed by atoms with Crippen LogP contribution in [0.5, 0.6) is 0 Å². The molecule has 1 aromatic heterocycles. The van der Waals surface area contributed by atoms with Crippen LogP contribution in [0.1, 0.15) is 11.5 Å². The van der Waals surface area contributed by atoms with Gasteiger partial charge in [-0.25, -0.2) is 10.9 Å². The first-order valence-corrected chi connectivity index (χ1v) is 4.53. The summed E-state index contributed by atoms with van der Waals surface area (Å²) in [7, 11) is 0. The lowest BCUT2D eigenvalue weighted by Crippen LogP contribution is -2.42. The van der Waals surface area contributed by atoms with Gasteiger partial charge in [0.25, 0.3) is 0 Å².